The monoisotopic (exact) mass is 381 g/mol. The average molecular weight is 381 g/mol. The van der Waals surface area contributed by atoms with Crippen molar-refractivity contribution in [1.29, 1.82) is 5.41 Å². The van der Waals surface area contributed by atoms with Gasteiger partial charge < -0.3 is 10.3 Å². The first-order valence-electron chi connectivity index (χ1n) is 9.65. The molecule has 1 N–H and O–H groups in total. The van der Waals surface area contributed by atoms with Crippen LogP contribution >= 0.6 is 0 Å². The van der Waals surface area contributed by atoms with Crippen LogP contribution in [0.5, 0.6) is 0 Å². The van der Waals surface area contributed by atoms with Crippen LogP contribution in [0, 0.1) is 11.3 Å². The highest BCUT2D eigenvalue weighted by Crippen LogP contribution is 2.28. The lowest BCUT2D eigenvalue weighted by molar-refractivity contribution is -0.179. The minimum Gasteiger partial charge on any atom is -0.356 e. The lowest BCUT2D eigenvalue weighted by Crippen LogP contribution is -2.44. The number of allylic oxidation sites excluding steroid dienone is 3. The van der Waals surface area contributed by atoms with Crippen molar-refractivity contribution in [3.63, 3.8) is 0 Å². The first kappa shape index (κ1) is 19.9. The molecule has 1 atom stereocenters. The number of piperidine rings is 1. The fraction of sp³-hybridized carbons (Fsp3) is 0.429. The van der Waals surface area contributed by atoms with Crippen molar-refractivity contribution in [3.05, 3.63) is 54.5 Å². The topological polar surface area (TPSA) is 82.4 Å². The maximum Gasteiger partial charge on any atom is 0.249 e. The molecule has 0 bridgehead atoms. The third-order valence-electron chi connectivity index (χ3n) is 5.15. The summed E-state index contributed by atoms with van der Waals surface area (Å²) in [7, 11) is 0. The van der Waals surface area contributed by atoms with Crippen LogP contribution in [0.4, 0.5) is 5.82 Å². The molecule has 0 aromatic carbocycles. The van der Waals surface area contributed by atoms with E-state index in [-0.39, 0.29) is 17.9 Å². The Morgan fingerprint density at radius 1 is 1.29 bits per heavy atom. The molecule has 3 heterocycles. The van der Waals surface area contributed by atoms with E-state index in [4.69, 9.17) is 10.2 Å². The first-order chi connectivity index (χ1) is 13.6. The van der Waals surface area contributed by atoms with Gasteiger partial charge in [-0.2, -0.15) is 0 Å². The molecule has 148 valence electrons. The molecule has 2 fully saturated rings. The van der Waals surface area contributed by atoms with E-state index in [0.717, 1.165) is 43.7 Å². The van der Waals surface area contributed by atoms with Crippen LogP contribution in [0.2, 0.25) is 0 Å². The third kappa shape index (κ3) is 4.54. The van der Waals surface area contributed by atoms with Gasteiger partial charge in [-0.15, -0.1) is 0 Å². The van der Waals surface area contributed by atoms with Crippen LogP contribution in [0.25, 0.3) is 0 Å². The average Bonchev–Trinajstić information content (AvgIpc) is 3.23. The summed E-state index contributed by atoms with van der Waals surface area (Å²) in [6, 6.07) is 1.71. The number of amides is 1. The van der Waals surface area contributed by atoms with Crippen molar-refractivity contribution in [2.75, 3.05) is 24.6 Å². The van der Waals surface area contributed by atoms with E-state index in [1.165, 1.54) is 12.5 Å². The van der Waals surface area contributed by atoms with E-state index < -0.39 is 0 Å². The summed E-state index contributed by atoms with van der Waals surface area (Å²) in [6.45, 7) is 8.10. The highest BCUT2D eigenvalue weighted by atomic mass is 16.7. The second-order valence-corrected chi connectivity index (χ2v) is 6.97. The zero-order valence-electron chi connectivity index (χ0n) is 16.3. The Balaban J connectivity index is 1.59. The van der Waals surface area contributed by atoms with Gasteiger partial charge in [-0.05, 0) is 25.3 Å². The molecule has 0 aliphatic carbocycles. The van der Waals surface area contributed by atoms with Crippen LogP contribution in [0.3, 0.4) is 0 Å². The zero-order valence-corrected chi connectivity index (χ0v) is 16.3. The quantitative estimate of drug-likeness (QED) is 0.605. The maximum atomic E-state index is 13.0. The summed E-state index contributed by atoms with van der Waals surface area (Å²) in [5.74, 6) is 0.788. The molecule has 0 unspecified atom stereocenters. The highest BCUT2D eigenvalue weighted by Gasteiger charge is 2.37. The molecule has 2 saturated heterocycles. The van der Waals surface area contributed by atoms with E-state index in [1.807, 2.05) is 31.2 Å². The number of hydrogen-bond acceptors (Lipinski definition) is 6. The van der Waals surface area contributed by atoms with Gasteiger partial charge in [-0.1, -0.05) is 30.9 Å². The molecular formula is C21H27N5O2. The normalized spacial score (nSPS) is 21.0. The van der Waals surface area contributed by atoms with Gasteiger partial charge in [0.15, 0.2) is 0 Å². The second kappa shape index (κ2) is 9.41. The third-order valence-corrected chi connectivity index (χ3v) is 5.15. The molecule has 0 spiro atoms. The molecule has 1 aromatic heterocycles. The van der Waals surface area contributed by atoms with Gasteiger partial charge in [0.2, 0.25) is 5.91 Å². The Morgan fingerprint density at radius 3 is 2.79 bits per heavy atom. The highest BCUT2D eigenvalue weighted by molar-refractivity contribution is 5.79. The number of anilines is 1. The van der Waals surface area contributed by atoms with E-state index in [0.29, 0.717) is 12.3 Å². The van der Waals surface area contributed by atoms with Crippen LogP contribution in [-0.4, -0.2) is 52.9 Å². The molecule has 2 aliphatic rings. The summed E-state index contributed by atoms with van der Waals surface area (Å²) < 4.78 is 0. The molecule has 28 heavy (non-hydrogen) atoms. The fourth-order valence-electron chi connectivity index (χ4n) is 3.57. The summed E-state index contributed by atoms with van der Waals surface area (Å²) in [5, 5.41) is 8.87. The number of aromatic nitrogens is 2. The lowest BCUT2D eigenvalue weighted by Gasteiger charge is -2.34. The fourth-order valence-corrected chi connectivity index (χ4v) is 3.57. The van der Waals surface area contributed by atoms with Gasteiger partial charge in [-0.3, -0.25) is 9.63 Å². The zero-order chi connectivity index (χ0) is 19.9. The summed E-state index contributed by atoms with van der Waals surface area (Å²) >= 11 is 0. The van der Waals surface area contributed by atoms with Crippen LogP contribution in [0.1, 0.15) is 31.9 Å². The Morgan fingerprint density at radius 2 is 2.07 bits per heavy atom. The molecular weight excluding hydrogens is 354 g/mol. The van der Waals surface area contributed by atoms with Crippen molar-refractivity contribution in [2.24, 2.45) is 5.92 Å². The summed E-state index contributed by atoms with van der Waals surface area (Å²) in [5.41, 5.74) is 1.47. The summed E-state index contributed by atoms with van der Waals surface area (Å²) in [6.07, 6.45) is 12.7. The SMILES string of the molecule is C=C(/C=C\C=C/C)[C@@H]1CCON1C(=O)C1CCN(c2cc(C=N)ncn2)CC1. The van der Waals surface area contributed by atoms with Gasteiger partial charge in [0.05, 0.1) is 18.3 Å². The number of hydroxylamine groups is 2. The van der Waals surface area contributed by atoms with Crippen LogP contribution < -0.4 is 4.90 Å². The number of hydrogen-bond donors (Lipinski definition) is 1. The lowest BCUT2D eigenvalue weighted by atomic mass is 9.94. The molecule has 2 aliphatic heterocycles. The van der Waals surface area contributed by atoms with Crippen molar-refractivity contribution >= 4 is 17.9 Å². The van der Waals surface area contributed by atoms with Crippen molar-refractivity contribution in [3.8, 4) is 0 Å². The van der Waals surface area contributed by atoms with Crippen molar-refractivity contribution in [2.45, 2.75) is 32.2 Å². The van der Waals surface area contributed by atoms with E-state index >= 15 is 0 Å². The number of nitrogens with one attached hydrogen (secondary N) is 1. The maximum absolute atomic E-state index is 13.0. The van der Waals surface area contributed by atoms with Gasteiger partial charge in [0.25, 0.3) is 0 Å². The molecule has 3 rings (SSSR count). The van der Waals surface area contributed by atoms with Crippen molar-refractivity contribution < 1.29 is 9.63 Å². The van der Waals surface area contributed by atoms with Crippen LogP contribution in [-0.2, 0) is 9.63 Å². The Kier molecular flexibility index (Phi) is 6.71. The second-order valence-electron chi connectivity index (χ2n) is 6.97. The van der Waals surface area contributed by atoms with E-state index in [9.17, 15) is 4.79 Å². The number of carbonyl (C=O) groups excluding carboxylic acids is 1. The molecule has 1 amide bonds. The minimum atomic E-state index is -0.0935. The molecule has 1 aromatic rings. The number of rotatable bonds is 6. The van der Waals surface area contributed by atoms with Gasteiger partial charge in [0.1, 0.15) is 12.1 Å². The van der Waals surface area contributed by atoms with Crippen LogP contribution in [0.15, 0.2) is 48.8 Å². The minimum absolute atomic E-state index is 0.0469. The van der Waals surface area contributed by atoms with E-state index in [2.05, 4.69) is 21.4 Å². The number of nitrogens with zero attached hydrogens (tertiary/aromatic N) is 4. The Bertz CT molecular complexity index is 781. The van der Waals surface area contributed by atoms with Gasteiger partial charge >= 0.3 is 0 Å². The first-order valence-corrected chi connectivity index (χ1v) is 9.65. The largest absolute Gasteiger partial charge is 0.356 e. The molecule has 7 nitrogen and oxygen atoms in total. The number of carbonyl (C=O) groups is 1. The predicted octanol–water partition coefficient (Wildman–Crippen LogP) is 2.91. The predicted molar refractivity (Wildman–Crippen MR) is 109 cm³/mol. The van der Waals surface area contributed by atoms with Gasteiger partial charge in [-0.25, -0.2) is 15.0 Å². The van der Waals surface area contributed by atoms with E-state index in [1.54, 1.807) is 11.1 Å². The molecule has 0 radical (unpaired) electrons. The Labute approximate surface area is 165 Å². The molecule has 0 saturated carbocycles. The standard InChI is InChI=1S/C21H27N5O2/c1-3-4-5-6-16(2)19-9-12-28-26(19)21(27)17-7-10-25(11-8-17)20-13-18(14-22)23-15-24-20/h3-6,13-15,17,19,22H,2,7-12H2,1H3/b4-3-,6-5-,22-14?/t19-/m0/s1. The summed E-state index contributed by atoms with van der Waals surface area (Å²) in [4.78, 5) is 29.2. The smallest absolute Gasteiger partial charge is 0.249 e. The molecule has 7 heteroatoms. The van der Waals surface area contributed by atoms with Crippen molar-refractivity contribution in [1.82, 2.24) is 15.0 Å². The van der Waals surface area contributed by atoms with Gasteiger partial charge in [0, 0.05) is 37.7 Å². The Hall–Kier alpha value is -2.80.